The largest absolute Gasteiger partial charge is 0.481 e. The van der Waals surface area contributed by atoms with Crippen LogP contribution >= 0.6 is 0 Å². The molecule has 1 unspecified atom stereocenters. The van der Waals surface area contributed by atoms with Crippen LogP contribution in [0.15, 0.2) is 30.3 Å². The number of benzene rings is 1. The zero-order valence-electron chi connectivity index (χ0n) is 12.4. The summed E-state index contributed by atoms with van der Waals surface area (Å²) in [6.45, 7) is 1.86. The average molecular weight is 292 g/mol. The lowest BCUT2D eigenvalue weighted by atomic mass is 10.0. The molecule has 4 N–H and O–H groups in total. The van der Waals surface area contributed by atoms with Crippen LogP contribution in [0.3, 0.4) is 0 Å². The molecular formula is C16H24N2O3. The van der Waals surface area contributed by atoms with E-state index in [1.165, 1.54) is 0 Å². The van der Waals surface area contributed by atoms with Crippen molar-refractivity contribution in [2.24, 2.45) is 5.73 Å². The Morgan fingerprint density at radius 1 is 1.24 bits per heavy atom. The maximum atomic E-state index is 11.9. The molecule has 1 aromatic rings. The van der Waals surface area contributed by atoms with Gasteiger partial charge in [-0.15, -0.1) is 0 Å². The molecule has 5 nitrogen and oxygen atoms in total. The zero-order valence-corrected chi connectivity index (χ0v) is 12.4. The summed E-state index contributed by atoms with van der Waals surface area (Å²) in [7, 11) is 0. The van der Waals surface area contributed by atoms with Crippen molar-refractivity contribution in [2.45, 2.75) is 51.1 Å². The minimum absolute atomic E-state index is 0.0559. The topological polar surface area (TPSA) is 92.4 Å². The SMILES string of the molecule is CC(CCCC(=O)O)NC(=O)[C@@H](N)CCc1ccccc1. The van der Waals surface area contributed by atoms with Crippen LogP contribution < -0.4 is 11.1 Å². The predicted octanol–water partition coefficient (Wildman–Crippen LogP) is 1.71. The number of aliphatic carboxylic acids is 1. The molecule has 0 heterocycles. The van der Waals surface area contributed by atoms with Crippen LogP contribution in [-0.2, 0) is 16.0 Å². The van der Waals surface area contributed by atoms with Crippen molar-refractivity contribution in [2.75, 3.05) is 0 Å². The first-order chi connectivity index (χ1) is 9.99. The van der Waals surface area contributed by atoms with Crippen LogP contribution in [0.25, 0.3) is 0 Å². The van der Waals surface area contributed by atoms with E-state index >= 15 is 0 Å². The average Bonchev–Trinajstić information content (AvgIpc) is 2.45. The lowest BCUT2D eigenvalue weighted by Crippen LogP contribution is -2.44. The molecule has 21 heavy (non-hydrogen) atoms. The third-order valence-corrected chi connectivity index (χ3v) is 3.34. The van der Waals surface area contributed by atoms with Crippen LogP contribution in [-0.4, -0.2) is 29.1 Å². The Morgan fingerprint density at radius 2 is 1.90 bits per heavy atom. The summed E-state index contributed by atoms with van der Waals surface area (Å²) in [4.78, 5) is 22.3. The van der Waals surface area contributed by atoms with Crippen molar-refractivity contribution in [3.63, 3.8) is 0 Å². The van der Waals surface area contributed by atoms with Gasteiger partial charge in [-0.25, -0.2) is 0 Å². The Morgan fingerprint density at radius 3 is 2.52 bits per heavy atom. The Balaban J connectivity index is 2.25. The van der Waals surface area contributed by atoms with Crippen molar-refractivity contribution in [1.29, 1.82) is 0 Å². The predicted molar refractivity (Wildman–Crippen MR) is 81.8 cm³/mol. The van der Waals surface area contributed by atoms with Gasteiger partial charge in [-0.1, -0.05) is 30.3 Å². The molecular weight excluding hydrogens is 268 g/mol. The fourth-order valence-corrected chi connectivity index (χ4v) is 2.08. The Bertz CT molecular complexity index is 448. The molecule has 1 rings (SSSR count). The standard InChI is InChI=1S/C16H24N2O3/c1-12(6-5-9-15(19)20)18-16(21)14(17)11-10-13-7-3-2-4-8-13/h2-4,7-8,12,14H,5-6,9-11,17H2,1H3,(H,18,21)(H,19,20)/t12?,14-/m0/s1. The van der Waals surface area contributed by atoms with Gasteiger partial charge in [-0.05, 0) is 38.2 Å². The summed E-state index contributed by atoms with van der Waals surface area (Å²) < 4.78 is 0. The summed E-state index contributed by atoms with van der Waals surface area (Å²) in [5.74, 6) is -0.984. The van der Waals surface area contributed by atoms with Crippen molar-refractivity contribution < 1.29 is 14.7 Å². The molecule has 1 amide bonds. The summed E-state index contributed by atoms with van der Waals surface area (Å²) in [5, 5.41) is 11.4. The van der Waals surface area contributed by atoms with Crippen LogP contribution in [0.5, 0.6) is 0 Å². The van der Waals surface area contributed by atoms with Crippen molar-refractivity contribution in [3.8, 4) is 0 Å². The van der Waals surface area contributed by atoms with Crippen LogP contribution in [0.4, 0.5) is 0 Å². The molecule has 0 bridgehead atoms. The molecule has 0 saturated heterocycles. The van der Waals surface area contributed by atoms with E-state index in [0.29, 0.717) is 19.3 Å². The second-order valence-corrected chi connectivity index (χ2v) is 5.33. The highest BCUT2D eigenvalue weighted by atomic mass is 16.4. The van der Waals surface area contributed by atoms with Gasteiger partial charge in [0.05, 0.1) is 6.04 Å². The van der Waals surface area contributed by atoms with E-state index in [1.54, 1.807) is 0 Å². The van der Waals surface area contributed by atoms with Gasteiger partial charge in [0.2, 0.25) is 5.91 Å². The lowest BCUT2D eigenvalue weighted by Gasteiger charge is -2.17. The molecule has 0 aliphatic heterocycles. The first-order valence-electron chi connectivity index (χ1n) is 7.30. The van der Waals surface area contributed by atoms with Crippen LogP contribution in [0, 0.1) is 0 Å². The molecule has 0 radical (unpaired) electrons. The fourth-order valence-electron chi connectivity index (χ4n) is 2.08. The molecule has 0 fully saturated rings. The van der Waals surface area contributed by atoms with E-state index in [4.69, 9.17) is 10.8 Å². The maximum absolute atomic E-state index is 11.9. The maximum Gasteiger partial charge on any atom is 0.303 e. The number of carbonyl (C=O) groups excluding carboxylic acids is 1. The smallest absolute Gasteiger partial charge is 0.303 e. The highest BCUT2D eigenvalue weighted by Gasteiger charge is 2.15. The number of aryl methyl sites for hydroxylation is 1. The summed E-state index contributed by atoms with van der Waals surface area (Å²) in [5.41, 5.74) is 7.05. The minimum atomic E-state index is -0.812. The van der Waals surface area contributed by atoms with Gasteiger partial charge in [-0.2, -0.15) is 0 Å². The lowest BCUT2D eigenvalue weighted by molar-refractivity contribution is -0.137. The molecule has 0 aromatic heterocycles. The second kappa shape index (κ2) is 9.13. The van der Waals surface area contributed by atoms with E-state index in [-0.39, 0.29) is 18.4 Å². The Hall–Kier alpha value is -1.88. The molecule has 0 aliphatic carbocycles. The van der Waals surface area contributed by atoms with Gasteiger partial charge in [0.15, 0.2) is 0 Å². The molecule has 116 valence electrons. The quantitative estimate of drug-likeness (QED) is 0.646. The first-order valence-corrected chi connectivity index (χ1v) is 7.30. The number of carbonyl (C=O) groups is 2. The van der Waals surface area contributed by atoms with Gasteiger partial charge in [0.25, 0.3) is 0 Å². The van der Waals surface area contributed by atoms with Crippen LogP contribution in [0.1, 0.15) is 38.2 Å². The highest BCUT2D eigenvalue weighted by Crippen LogP contribution is 2.05. The molecule has 5 heteroatoms. The molecule has 0 spiro atoms. The number of nitrogens with two attached hydrogens (primary N) is 1. The second-order valence-electron chi connectivity index (χ2n) is 5.33. The Labute approximate surface area is 125 Å². The van der Waals surface area contributed by atoms with Crippen molar-refractivity contribution >= 4 is 11.9 Å². The van der Waals surface area contributed by atoms with E-state index in [2.05, 4.69) is 5.32 Å². The monoisotopic (exact) mass is 292 g/mol. The van der Waals surface area contributed by atoms with E-state index in [9.17, 15) is 9.59 Å². The third kappa shape index (κ3) is 7.46. The molecule has 1 aromatic carbocycles. The number of rotatable bonds is 9. The third-order valence-electron chi connectivity index (χ3n) is 3.34. The van der Waals surface area contributed by atoms with Crippen molar-refractivity contribution in [1.82, 2.24) is 5.32 Å². The van der Waals surface area contributed by atoms with Gasteiger partial charge >= 0.3 is 5.97 Å². The summed E-state index contributed by atoms with van der Waals surface area (Å²) in [6.07, 6.45) is 2.68. The fraction of sp³-hybridized carbons (Fsp3) is 0.500. The van der Waals surface area contributed by atoms with E-state index in [1.807, 2.05) is 37.3 Å². The van der Waals surface area contributed by atoms with E-state index < -0.39 is 12.0 Å². The van der Waals surface area contributed by atoms with Gasteiger partial charge in [0, 0.05) is 12.5 Å². The number of nitrogens with one attached hydrogen (secondary N) is 1. The number of amides is 1. The summed E-state index contributed by atoms with van der Waals surface area (Å²) in [6, 6.07) is 9.32. The number of hydrogen-bond donors (Lipinski definition) is 3. The van der Waals surface area contributed by atoms with Gasteiger partial charge in [0.1, 0.15) is 0 Å². The normalized spacial score (nSPS) is 13.4. The van der Waals surface area contributed by atoms with Crippen LogP contribution in [0.2, 0.25) is 0 Å². The minimum Gasteiger partial charge on any atom is -0.481 e. The van der Waals surface area contributed by atoms with Crippen molar-refractivity contribution in [3.05, 3.63) is 35.9 Å². The number of carboxylic acids is 1. The number of carboxylic acid groups (broad SMARTS) is 1. The molecule has 0 saturated carbocycles. The Kier molecular flexibility index (Phi) is 7.46. The first kappa shape index (κ1) is 17.2. The summed E-state index contributed by atoms with van der Waals surface area (Å²) >= 11 is 0. The van der Waals surface area contributed by atoms with E-state index in [0.717, 1.165) is 12.0 Å². The zero-order chi connectivity index (χ0) is 15.7. The van der Waals surface area contributed by atoms with Gasteiger partial charge in [-0.3, -0.25) is 9.59 Å². The number of hydrogen-bond acceptors (Lipinski definition) is 3. The molecule has 0 aliphatic rings. The molecule has 2 atom stereocenters. The van der Waals surface area contributed by atoms with Gasteiger partial charge < -0.3 is 16.2 Å². The highest BCUT2D eigenvalue weighted by molar-refractivity contribution is 5.81.